The molecule has 1 amide bonds. The van der Waals surface area contributed by atoms with Crippen LogP contribution in [0.25, 0.3) is 0 Å². The number of nitrogens with one attached hydrogen (secondary N) is 2. The van der Waals surface area contributed by atoms with Crippen molar-refractivity contribution in [3.63, 3.8) is 0 Å². The van der Waals surface area contributed by atoms with Gasteiger partial charge in [-0.2, -0.15) is 0 Å². The Kier molecular flexibility index (Phi) is 2.84. The lowest BCUT2D eigenvalue weighted by atomic mass is 9.93. The molecule has 1 saturated carbocycles. The van der Waals surface area contributed by atoms with Gasteiger partial charge in [0.2, 0.25) is 5.89 Å². The van der Waals surface area contributed by atoms with Crippen molar-refractivity contribution in [2.75, 3.05) is 6.54 Å². The van der Waals surface area contributed by atoms with Gasteiger partial charge in [-0.25, -0.2) is 4.98 Å². The highest BCUT2D eigenvalue weighted by Gasteiger charge is 2.25. The van der Waals surface area contributed by atoms with Crippen molar-refractivity contribution in [3.8, 4) is 0 Å². The van der Waals surface area contributed by atoms with E-state index in [0.29, 0.717) is 17.6 Å². The van der Waals surface area contributed by atoms with Crippen LogP contribution in [0.1, 0.15) is 54.5 Å². The molecule has 2 aliphatic rings. The average molecular weight is 235 g/mol. The minimum Gasteiger partial charge on any atom is -0.446 e. The number of aromatic nitrogens is 1. The van der Waals surface area contributed by atoms with Gasteiger partial charge >= 0.3 is 0 Å². The fraction of sp³-hybridized carbons (Fsp3) is 0.667. The third kappa shape index (κ3) is 2.20. The van der Waals surface area contributed by atoms with Gasteiger partial charge in [0.1, 0.15) is 6.26 Å². The van der Waals surface area contributed by atoms with E-state index in [1.807, 2.05) is 0 Å². The van der Waals surface area contributed by atoms with Gasteiger partial charge in [-0.05, 0) is 38.6 Å². The van der Waals surface area contributed by atoms with E-state index < -0.39 is 0 Å². The molecule has 5 heteroatoms. The number of hydrogen-bond acceptors (Lipinski definition) is 4. The first-order chi connectivity index (χ1) is 8.33. The number of hydrogen-bond donors (Lipinski definition) is 2. The molecule has 0 spiro atoms. The highest BCUT2D eigenvalue weighted by Crippen LogP contribution is 2.22. The SMILES string of the molecule is O=C(NC1CCC1)c1coc(C2CCCN2)n1. The second-order valence-electron chi connectivity index (χ2n) is 4.82. The predicted molar refractivity (Wildman–Crippen MR) is 61.6 cm³/mol. The lowest BCUT2D eigenvalue weighted by Crippen LogP contribution is -2.39. The summed E-state index contributed by atoms with van der Waals surface area (Å²) in [6, 6.07) is 0.521. The zero-order valence-electron chi connectivity index (χ0n) is 9.74. The number of rotatable bonds is 3. The van der Waals surface area contributed by atoms with Crippen LogP contribution >= 0.6 is 0 Å². The summed E-state index contributed by atoms with van der Waals surface area (Å²) in [5.74, 6) is 0.531. The Labute approximate surface area is 100.0 Å². The molecular weight excluding hydrogens is 218 g/mol. The molecule has 1 atom stereocenters. The van der Waals surface area contributed by atoms with Crippen LogP contribution in [0.2, 0.25) is 0 Å². The largest absolute Gasteiger partial charge is 0.446 e. The van der Waals surface area contributed by atoms with Gasteiger partial charge < -0.3 is 15.1 Å². The average Bonchev–Trinajstić information content (AvgIpc) is 2.91. The number of oxazole rings is 1. The van der Waals surface area contributed by atoms with E-state index in [4.69, 9.17) is 4.42 Å². The topological polar surface area (TPSA) is 67.2 Å². The normalized spacial score (nSPS) is 24.6. The summed E-state index contributed by atoms with van der Waals surface area (Å²) >= 11 is 0. The summed E-state index contributed by atoms with van der Waals surface area (Å²) in [4.78, 5) is 16.1. The van der Waals surface area contributed by atoms with Gasteiger partial charge in [0.25, 0.3) is 5.91 Å². The molecule has 2 N–H and O–H groups in total. The van der Waals surface area contributed by atoms with Crippen LogP contribution < -0.4 is 10.6 Å². The molecular formula is C12H17N3O2. The molecule has 2 heterocycles. The van der Waals surface area contributed by atoms with E-state index in [1.54, 1.807) is 0 Å². The first-order valence-corrected chi connectivity index (χ1v) is 6.32. The van der Waals surface area contributed by atoms with Crippen LogP contribution in [0.4, 0.5) is 0 Å². The molecule has 1 unspecified atom stereocenters. The summed E-state index contributed by atoms with van der Waals surface area (Å²) in [7, 11) is 0. The molecule has 0 aromatic carbocycles. The number of amides is 1. The monoisotopic (exact) mass is 235 g/mol. The van der Waals surface area contributed by atoms with E-state index in [2.05, 4.69) is 15.6 Å². The van der Waals surface area contributed by atoms with Gasteiger partial charge in [0.15, 0.2) is 5.69 Å². The summed E-state index contributed by atoms with van der Waals surface area (Å²) in [6.45, 7) is 0.997. The molecule has 1 saturated heterocycles. The Morgan fingerprint density at radius 2 is 2.29 bits per heavy atom. The number of carbonyl (C=O) groups is 1. The number of nitrogens with zero attached hydrogens (tertiary/aromatic N) is 1. The van der Waals surface area contributed by atoms with E-state index >= 15 is 0 Å². The van der Waals surface area contributed by atoms with Crippen LogP contribution in [0.3, 0.4) is 0 Å². The highest BCUT2D eigenvalue weighted by atomic mass is 16.3. The van der Waals surface area contributed by atoms with Gasteiger partial charge in [-0.15, -0.1) is 0 Å². The summed E-state index contributed by atoms with van der Waals surface area (Å²) in [5, 5.41) is 6.26. The van der Waals surface area contributed by atoms with E-state index in [1.165, 1.54) is 12.7 Å². The minimum atomic E-state index is -0.109. The third-order valence-corrected chi connectivity index (χ3v) is 3.55. The molecule has 2 fully saturated rings. The molecule has 0 radical (unpaired) electrons. The van der Waals surface area contributed by atoms with E-state index in [9.17, 15) is 4.79 Å². The molecule has 1 aromatic rings. The Hall–Kier alpha value is -1.36. The van der Waals surface area contributed by atoms with Crippen molar-refractivity contribution in [3.05, 3.63) is 17.8 Å². The van der Waals surface area contributed by atoms with Crippen molar-refractivity contribution in [1.82, 2.24) is 15.6 Å². The van der Waals surface area contributed by atoms with Crippen LogP contribution in [0.15, 0.2) is 10.7 Å². The molecule has 92 valence electrons. The maximum atomic E-state index is 11.8. The fourth-order valence-corrected chi connectivity index (χ4v) is 2.26. The fourth-order valence-electron chi connectivity index (χ4n) is 2.26. The highest BCUT2D eigenvalue weighted by molar-refractivity contribution is 5.92. The van der Waals surface area contributed by atoms with Gasteiger partial charge in [0, 0.05) is 6.04 Å². The lowest BCUT2D eigenvalue weighted by molar-refractivity contribution is 0.0912. The quantitative estimate of drug-likeness (QED) is 0.830. The maximum absolute atomic E-state index is 11.8. The molecule has 3 rings (SSSR count). The summed E-state index contributed by atoms with van der Waals surface area (Å²) in [5.41, 5.74) is 0.403. The molecule has 0 bridgehead atoms. The minimum absolute atomic E-state index is 0.109. The van der Waals surface area contributed by atoms with E-state index in [0.717, 1.165) is 32.2 Å². The lowest BCUT2D eigenvalue weighted by Gasteiger charge is -2.25. The first-order valence-electron chi connectivity index (χ1n) is 6.32. The van der Waals surface area contributed by atoms with Crippen molar-refractivity contribution >= 4 is 5.91 Å². The second-order valence-corrected chi connectivity index (χ2v) is 4.82. The Balaban J connectivity index is 1.64. The Morgan fingerprint density at radius 3 is 2.94 bits per heavy atom. The van der Waals surface area contributed by atoms with Crippen LogP contribution in [0, 0.1) is 0 Å². The summed E-state index contributed by atoms with van der Waals surface area (Å²) < 4.78 is 5.37. The zero-order chi connectivity index (χ0) is 11.7. The van der Waals surface area contributed by atoms with E-state index in [-0.39, 0.29) is 11.9 Å². The predicted octanol–water partition coefficient (Wildman–Crippen LogP) is 1.38. The Bertz CT molecular complexity index is 406. The van der Waals surface area contributed by atoms with Gasteiger partial charge in [-0.3, -0.25) is 4.79 Å². The first kappa shape index (κ1) is 10.8. The Morgan fingerprint density at radius 1 is 1.41 bits per heavy atom. The van der Waals surface area contributed by atoms with Crippen LogP contribution in [0.5, 0.6) is 0 Å². The van der Waals surface area contributed by atoms with Gasteiger partial charge in [0.05, 0.1) is 6.04 Å². The van der Waals surface area contributed by atoms with Crippen molar-refractivity contribution < 1.29 is 9.21 Å². The molecule has 5 nitrogen and oxygen atoms in total. The molecule has 1 aliphatic heterocycles. The van der Waals surface area contributed by atoms with Crippen LogP contribution in [-0.4, -0.2) is 23.5 Å². The van der Waals surface area contributed by atoms with Crippen molar-refractivity contribution in [1.29, 1.82) is 0 Å². The summed E-state index contributed by atoms with van der Waals surface area (Å²) in [6.07, 6.45) is 7.01. The van der Waals surface area contributed by atoms with Crippen LogP contribution in [-0.2, 0) is 0 Å². The van der Waals surface area contributed by atoms with Crippen molar-refractivity contribution in [2.24, 2.45) is 0 Å². The van der Waals surface area contributed by atoms with Gasteiger partial charge in [-0.1, -0.05) is 0 Å². The standard InChI is InChI=1S/C12H17N3O2/c16-11(14-8-3-1-4-8)10-7-17-12(15-10)9-5-2-6-13-9/h7-9,13H,1-6H2,(H,14,16). The zero-order valence-corrected chi connectivity index (χ0v) is 9.74. The molecule has 17 heavy (non-hydrogen) atoms. The second kappa shape index (κ2) is 4.49. The number of carbonyl (C=O) groups excluding carboxylic acids is 1. The third-order valence-electron chi connectivity index (χ3n) is 3.55. The molecule has 1 aromatic heterocycles. The maximum Gasteiger partial charge on any atom is 0.273 e. The smallest absolute Gasteiger partial charge is 0.273 e. The molecule has 1 aliphatic carbocycles. The van der Waals surface area contributed by atoms with Crippen molar-refractivity contribution in [2.45, 2.75) is 44.2 Å².